The van der Waals surface area contributed by atoms with Crippen molar-refractivity contribution in [2.75, 3.05) is 18.4 Å². The Hall–Kier alpha value is -1.47. The predicted octanol–water partition coefficient (Wildman–Crippen LogP) is 1.92. The van der Waals surface area contributed by atoms with Crippen LogP contribution < -0.4 is 16.4 Å². The Balaban J connectivity index is 2.29. The number of thiazole rings is 1. The highest BCUT2D eigenvalue weighted by Crippen LogP contribution is 2.16. The number of anilines is 1. The Morgan fingerprint density at radius 1 is 1.27 bits per heavy atom. The van der Waals surface area contributed by atoms with E-state index >= 15 is 0 Å². The van der Waals surface area contributed by atoms with Crippen molar-refractivity contribution in [3.63, 3.8) is 0 Å². The second-order valence-corrected chi connectivity index (χ2v) is 6.52. The van der Waals surface area contributed by atoms with Crippen molar-refractivity contribution in [3.05, 3.63) is 11.1 Å². The molecule has 0 aliphatic heterocycles. The second kappa shape index (κ2) is 10.3. The number of hydrogen-bond donors (Lipinski definition) is 3. The van der Waals surface area contributed by atoms with Crippen LogP contribution in [0.4, 0.5) is 5.13 Å². The molecule has 6 nitrogen and oxygen atoms in total. The maximum Gasteiger partial charge on any atom is 0.226 e. The molecule has 1 aromatic rings. The topological polar surface area (TPSA) is 97.1 Å². The maximum absolute atomic E-state index is 11.8. The van der Waals surface area contributed by atoms with Crippen molar-refractivity contribution in [3.8, 4) is 0 Å². The molecule has 2 amide bonds. The summed E-state index contributed by atoms with van der Waals surface area (Å²) in [6.45, 7) is 5.34. The van der Waals surface area contributed by atoms with Crippen LogP contribution in [0.25, 0.3) is 0 Å². The Morgan fingerprint density at radius 2 is 2.05 bits per heavy atom. The molecule has 1 rings (SSSR count). The van der Waals surface area contributed by atoms with E-state index in [-0.39, 0.29) is 18.2 Å². The van der Waals surface area contributed by atoms with E-state index in [9.17, 15) is 9.59 Å². The van der Waals surface area contributed by atoms with E-state index < -0.39 is 0 Å². The SMILES string of the molecule is CC(C)CC(=O)Nc1nc(CC(=O)NCCCCCN)cs1. The molecule has 0 saturated heterocycles. The summed E-state index contributed by atoms with van der Waals surface area (Å²) in [7, 11) is 0. The molecule has 0 atom stereocenters. The lowest BCUT2D eigenvalue weighted by Gasteiger charge is -2.04. The van der Waals surface area contributed by atoms with Gasteiger partial charge >= 0.3 is 0 Å². The first-order valence-electron chi connectivity index (χ1n) is 7.72. The smallest absolute Gasteiger partial charge is 0.226 e. The number of nitrogens with two attached hydrogens (primary N) is 1. The van der Waals surface area contributed by atoms with Crippen molar-refractivity contribution >= 4 is 28.3 Å². The van der Waals surface area contributed by atoms with Crippen LogP contribution in [0.5, 0.6) is 0 Å². The summed E-state index contributed by atoms with van der Waals surface area (Å²) < 4.78 is 0. The van der Waals surface area contributed by atoms with E-state index in [1.54, 1.807) is 5.38 Å². The summed E-state index contributed by atoms with van der Waals surface area (Å²) >= 11 is 1.34. The van der Waals surface area contributed by atoms with Crippen LogP contribution in [0.1, 0.15) is 45.2 Å². The molecule has 1 heterocycles. The highest BCUT2D eigenvalue weighted by molar-refractivity contribution is 7.13. The second-order valence-electron chi connectivity index (χ2n) is 5.67. The quantitative estimate of drug-likeness (QED) is 0.572. The summed E-state index contributed by atoms with van der Waals surface area (Å²) in [5.41, 5.74) is 6.10. The number of nitrogens with zero attached hydrogens (tertiary/aromatic N) is 1. The third-order valence-corrected chi connectivity index (χ3v) is 3.74. The molecule has 0 bridgehead atoms. The predicted molar refractivity (Wildman–Crippen MR) is 89.8 cm³/mol. The van der Waals surface area contributed by atoms with Crippen molar-refractivity contribution in [2.24, 2.45) is 11.7 Å². The molecule has 0 fully saturated rings. The van der Waals surface area contributed by atoms with E-state index in [1.165, 1.54) is 11.3 Å². The molecule has 0 aromatic carbocycles. The zero-order valence-electron chi connectivity index (χ0n) is 13.4. The molecule has 0 radical (unpaired) electrons. The number of carbonyl (C=O) groups is 2. The Labute approximate surface area is 135 Å². The largest absolute Gasteiger partial charge is 0.356 e. The number of hydrogen-bond acceptors (Lipinski definition) is 5. The van der Waals surface area contributed by atoms with Crippen LogP contribution in [0.2, 0.25) is 0 Å². The summed E-state index contributed by atoms with van der Waals surface area (Å²) in [4.78, 5) is 27.7. The van der Waals surface area contributed by atoms with Crippen LogP contribution in [0.15, 0.2) is 5.38 Å². The lowest BCUT2D eigenvalue weighted by atomic mass is 10.1. The number of amides is 2. The molecular formula is C15H26N4O2S. The lowest BCUT2D eigenvalue weighted by Crippen LogP contribution is -2.26. The van der Waals surface area contributed by atoms with E-state index in [2.05, 4.69) is 15.6 Å². The van der Waals surface area contributed by atoms with E-state index in [4.69, 9.17) is 5.73 Å². The van der Waals surface area contributed by atoms with Gasteiger partial charge in [-0.2, -0.15) is 0 Å². The highest BCUT2D eigenvalue weighted by atomic mass is 32.1. The molecule has 1 aromatic heterocycles. The average Bonchev–Trinajstić information content (AvgIpc) is 2.84. The Kier molecular flexibility index (Phi) is 8.69. The molecular weight excluding hydrogens is 300 g/mol. The van der Waals surface area contributed by atoms with Gasteiger partial charge in [0.1, 0.15) is 0 Å². The number of rotatable bonds is 10. The van der Waals surface area contributed by atoms with Gasteiger partial charge in [-0.05, 0) is 25.3 Å². The normalized spacial score (nSPS) is 10.7. The molecule has 22 heavy (non-hydrogen) atoms. The van der Waals surface area contributed by atoms with Gasteiger partial charge in [0.25, 0.3) is 0 Å². The van der Waals surface area contributed by atoms with E-state index in [0.29, 0.717) is 36.3 Å². The first-order valence-corrected chi connectivity index (χ1v) is 8.60. The Bertz CT molecular complexity index is 474. The fraction of sp³-hybridized carbons (Fsp3) is 0.667. The summed E-state index contributed by atoms with van der Waals surface area (Å²) in [5, 5.41) is 7.98. The average molecular weight is 326 g/mol. The molecule has 0 spiro atoms. The molecule has 0 unspecified atom stereocenters. The van der Waals surface area contributed by atoms with Gasteiger partial charge in [-0.15, -0.1) is 11.3 Å². The number of nitrogens with one attached hydrogen (secondary N) is 2. The van der Waals surface area contributed by atoms with Crippen LogP contribution in [-0.4, -0.2) is 29.9 Å². The van der Waals surface area contributed by atoms with Gasteiger partial charge in [-0.3, -0.25) is 9.59 Å². The Morgan fingerprint density at radius 3 is 2.73 bits per heavy atom. The van der Waals surface area contributed by atoms with Crippen LogP contribution >= 0.6 is 11.3 Å². The first-order chi connectivity index (χ1) is 10.5. The highest BCUT2D eigenvalue weighted by Gasteiger charge is 2.10. The summed E-state index contributed by atoms with van der Waals surface area (Å²) in [6.07, 6.45) is 3.67. The molecule has 124 valence electrons. The van der Waals surface area contributed by atoms with Gasteiger partial charge in [0.15, 0.2) is 5.13 Å². The summed E-state index contributed by atoms with van der Waals surface area (Å²) in [6, 6.07) is 0. The first kappa shape index (κ1) is 18.6. The third-order valence-electron chi connectivity index (χ3n) is 2.94. The van der Waals surface area contributed by atoms with Crippen LogP contribution in [0, 0.1) is 5.92 Å². The minimum Gasteiger partial charge on any atom is -0.356 e. The monoisotopic (exact) mass is 326 g/mol. The zero-order chi connectivity index (χ0) is 16.4. The molecule has 0 aliphatic carbocycles. The van der Waals surface area contributed by atoms with Gasteiger partial charge in [-0.1, -0.05) is 20.3 Å². The maximum atomic E-state index is 11.8. The van der Waals surface area contributed by atoms with E-state index in [0.717, 1.165) is 19.3 Å². The van der Waals surface area contributed by atoms with Crippen molar-refractivity contribution < 1.29 is 9.59 Å². The van der Waals surface area contributed by atoms with Gasteiger partial charge in [0.05, 0.1) is 12.1 Å². The lowest BCUT2D eigenvalue weighted by molar-refractivity contribution is -0.120. The van der Waals surface area contributed by atoms with Gasteiger partial charge in [-0.25, -0.2) is 4.98 Å². The molecule has 7 heteroatoms. The minimum atomic E-state index is -0.0434. The van der Waals surface area contributed by atoms with Gasteiger partial charge < -0.3 is 16.4 Å². The van der Waals surface area contributed by atoms with Crippen molar-refractivity contribution in [1.29, 1.82) is 0 Å². The minimum absolute atomic E-state index is 0.0414. The molecule has 4 N–H and O–H groups in total. The third kappa shape index (κ3) is 8.09. The fourth-order valence-corrected chi connectivity index (χ4v) is 2.61. The molecule has 0 aliphatic rings. The van der Waals surface area contributed by atoms with Gasteiger partial charge in [0, 0.05) is 18.3 Å². The van der Waals surface area contributed by atoms with Crippen LogP contribution in [0.3, 0.4) is 0 Å². The van der Waals surface area contributed by atoms with Gasteiger partial charge in [0.2, 0.25) is 11.8 Å². The van der Waals surface area contributed by atoms with Crippen LogP contribution in [-0.2, 0) is 16.0 Å². The van der Waals surface area contributed by atoms with E-state index in [1.807, 2.05) is 13.8 Å². The van der Waals surface area contributed by atoms with Crippen molar-refractivity contribution in [1.82, 2.24) is 10.3 Å². The number of carbonyl (C=O) groups excluding carboxylic acids is 2. The summed E-state index contributed by atoms with van der Waals surface area (Å²) in [5.74, 6) is 0.225. The fourth-order valence-electron chi connectivity index (χ4n) is 1.89. The standard InChI is InChI=1S/C15H26N4O2S/c1-11(2)8-14(21)19-15-18-12(10-22-15)9-13(20)17-7-5-3-4-6-16/h10-11H,3-9,16H2,1-2H3,(H,17,20)(H,18,19,21). The zero-order valence-corrected chi connectivity index (χ0v) is 14.2. The number of unbranched alkanes of at least 4 members (excludes halogenated alkanes) is 2. The van der Waals surface area contributed by atoms with Crippen molar-refractivity contribution in [2.45, 2.75) is 46.0 Å². The molecule has 0 saturated carbocycles. The number of aromatic nitrogens is 1.